The third kappa shape index (κ3) is 6.50. The Morgan fingerprint density at radius 2 is 1.83 bits per heavy atom. The van der Waals surface area contributed by atoms with Gasteiger partial charge in [0.1, 0.15) is 11.3 Å². The molecule has 0 bridgehead atoms. The first-order chi connectivity index (χ1) is 16.9. The van der Waals surface area contributed by atoms with Gasteiger partial charge in [0.2, 0.25) is 5.88 Å². The number of piperidine rings is 1. The summed E-state index contributed by atoms with van der Waals surface area (Å²) >= 11 is 12.6. The minimum Gasteiger partial charge on any atom is -0.479 e. The first-order valence-corrected chi connectivity index (χ1v) is 12.5. The van der Waals surface area contributed by atoms with Crippen LogP contribution in [0.4, 0.5) is 10.6 Å². The molecule has 0 saturated carbocycles. The van der Waals surface area contributed by atoms with Crippen LogP contribution in [0.3, 0.4) is 0 Å². The van der Waals surface area contributed by atoms with Crippen LogP contribution in [0.25, 0.3) is 11.3 Å². The minimum atomic E-state index is -0.609. The van der Waals surface area contributed by atoms with E-state index in [-0.39, 0.29) is 28.9 Å². The summed E-state index contributed by atoms with van der Waals surface area (Å²) in [7, 11) is 1.47. The molecule has 3 rings (SSSR count). The van der Waals surface area contributed by atoms with Crippen LogP contribution in [0.2, 0.25) is 10.0 Å². The monoisotopic (exact) mass is 538 g/mol. The summed E-state index contributed by atoms with van der Waals surface area (Å²) in [6.45, 7) is 10.3. The molecule has 1 aliphatic rings. The van der Waals surface area contributed by atoms with E-state index < -0.39 is 23.2 Å². The smallest absolute Gasteiger partial charge is 0.408 e. The van der Waals surface area contributed by atoms with Crippen molar-refractivity contribution >= 4 is 41.1 Å². The zero-order valence-corrected chi connectivity index (χ0v) is 22.9. The molecule has 1 fully saturated rings. The summed E-state index contributed by atoms with van der Waals surface area (Å²) in [5.41, 5.74) is -0.250. The Labute approximate surface area is 221 Å². The number of anilines is 1. The molecule has 1 aliphatic heterocycles. The number of hydrogen-bond acceptors (Lipinski definition) is 8. The van der Waals surface area contributed by atoms with E-state index >= 15 is 0 Å². The molecule has 1 aromatic carbocycles. The van der Waals surface area contributed by atoms with E-state index in [1.807, 2.05) is 32.6 Å². The third-order valence-electron chi connectivity index (χ3n) is 5.68. The van der Waals surface area contributed by atoms with Crippen molar-refractivity contribution in [2.45, 2.75) is 58.6 Å². The highest BCUT2D eigenvalue weighted by molar-refractivity contribution is 6.43. The maximum absolute atomic E-state index is 12.9. The van der Waals surface area contributed by atoms with Crippen molar-refractivity contribution in [1.82, 2.24) is 15.3 Å². The van der Waals surface area contributed by atoms with Gasteiger partial charge in [-0.3, -0.25) is 0 Å². The topological polar surface area (TPSA) is 103 Å². The van der Waals surface area contributed by atoms with Crippen molar-refractivity contribution in [2.24, 2.45) is 0 Å². The number of esters is 1. The predicted octanol–water partition coefficient (Wildman–Crippen LogP) is 5.52. The molecular weight excluding hydrogens is 507 g/mol. The molecule has 0 aliphatic carbocycles. The highest BCUT2D eigenvalue weighted by Crippen LogP contribution is 2.38. The summed E-state index contributed by atoms with van der Waals surface area (Å²) in [5.74, 6) is -0.0729. The van der Waals surface area contributed by atoms with E-state index in [9.17, 15) is 9.59 Å². The molecule has 0 spiro atoms. The van der Waals surface area contributed by atoms with Crippen molar-refractivity contribution in [3.05, 3.63) is 33.9 Å². The number of amides is 1. The maximum Gasteiger partial charge on any atom is 0.408 e. The molecule has 2 heterocycles. The third-order valence-corrected chi connectivity index (χ3v) is 6.50. The average molecular weight is 539 g/mol. The van der Waals surface area contributed by atoms with Crippen molar-refractivity contribution in [1.29, 1.82) is 0 Å². The zero-order valence-electron chi connectivity index (χ0n) is 21.4. The molecule has 1 aromatic heterocycles. The van der Waals surface area contributed by atoms with Gasteiger partial charge in [0.05, 0.1) is 23.8 Å². The van der Waals surface area contributed by atoms with E-state index in [0.717, 1.165) is 0 Å². The molecule has 11 heteroatoms. The van der Waals surface area contributed by atoms with Gasteiger partial charge in [-0.2, -0.15) is 4.98 Å². The summed E-state index contributed by atoms with van der Waals surface area (Å²) in [5, 5.41) is 3.59. The summed E-state index contributed by atoms with van der Waals surface area (Å²) in [6, 6.07) is 5.11. The fraction of sp³-hybridized carbons (Fsp3) is 0.520. The highest BCUT2D eigenvalue weighted by Gasteiger charge is 2.36. The summed E-state index contributed by atoms with van der Waals surface area (Å²) in [6.07, 6.45) is 0.732. The van der Waals surface area contributed by atoms with E-state index in [4.69, 9.17) is 37.4 Å². The number of nitrogens with zero attached hydrogens (tertiary/aromatic N) is 3. The molecule has 1 amide bonds. The van der Waals surface area contributed by atoms with Crippen molar-refractivity contribution < 1.29 is 23.8 Å². The number of halogens is 2. The normalized spacial score (nSPS) is 15.3. The van der Waals surface area contributed by atoms with Crippen LogP contribution in [-0.2, 0) is 9.47 Å². The van der Waals surface area contributed by atoms with Gasteiger partial charge in [-0.25, -0.2) is 14.6 Å². The number of benzene rings is 1. The molecule has 196 valence electrons. The number of carbonyl (C=O) groups excluding carboxylic acids is 2. The first-order valence-electron chi connectivity index (χ1n) is 11.7. The standard InChI is InChI=1S/C25H32Cl2N4O5/c1-7-35-22(32)19-20(29-21(34-6)18(28-19)15-9-8-10-16(26)17(15)27)31-13-11-25(5,12-14-31)30-23(33)36-24(2,3)4/h8-10H,7,11-14H2,1-6H3,(H,30,33). The Morgan fingerprint density at radius 3 is 2.42 bits per heavy atom. The Hall–Kier alpha value is -2.78. The lowest BCUT2D eigenvalue weighted by Gasteiger charge is -2.40. The van der Waals surface area contributed by atoms with Crippen LogP contribution >= 0.6 is 23.2 Å². The lowest BCUT2D eigenvalue weighted by Crippen LogP contribution is -2.54. The van der Waals surface area contributed by atoms with E-state index in [1.54, 1.807) is 25.1 Å². The average Bonchev–Trinajstić information content (AvgIpc) is 2.79. The zero-order chi connectivity index (χ0) is 26.7. The van der Waals surface area contributed by atoms with Crippen molar-refractivity contribution in [2.75, 3.05) is 31.7 Å². The largest absolute Gasteiger partial charge is 0.479 e. The van der Waals surface area contributed by atoms with Crippen LogP contribution in [-0.4, -0.2) is 60.0 Å². The molecule has 2 aromatic rings. The van der Waals surface area contributed by atoms with Gasteiger partial charge >= 0.3 is 12.1 Å². The second-order valence-electron chi connectivity index (χ2n) is 9.75. The fourth-order valence-electron chi connectivity index (χ4n) is 3.86. The minimum absolute atomic E-state index is 0.0485. The van der Waals surface area contributed by atoms with E-state index in [0.29, 0.717) is 42.3 Å². The first kappa shape index (κ1) is 27.8. The summed E-state index contributed by atoms with van der Waals surface area (Å²) in [4.78, 5) is 36.4. The molecule has 1 N–H and O–H groups in total. The number of alkyl carbamates (subject to hydrolysis) is 1. The van der Waals surface area contributed by atoms with E-state index in [1.165, 1.54) is 7.11 Å². The van der Waals surface area contributed by atoms with Gasteiger partial charge in [0.25, 0.3) is 0 Å². The van der Waals surface area contributed by atoms with E-state index in [2.05, 4.69) is 15.3 Å². The van der Waals surface area contributed by atoms with Crippen LogP contribution < -0.4 is 15.0 Å². The Bertz CT molecular complexity index is 1130. The quantitative estimate of drug-likeness (QED) is 0.479. The highest BCUT2D eigenvalue weighted by atomic mass is 35.5. The van der Waals surface area contributed by atoms with Gasteiger partial charge < -0.3 is 24.4 Å². The lowest BCUT2D eigenvalue weighted by atomic mass is 9.89. The SMILES string of the molecule is CCOC(=O)c1nc(-c2cccc(Cl)c2Cl)c(OC)nc1N1CCC(C)(NC(=O)OC(C)(C)C)CC1. The predicted molar refractivity (Wildman–Crippen MR) is 139 cm³/mol. The number of ether oxygens (including phenoxy) is 3. The molecule has 0 atom stereocenters. The number of aromatic nitrogens is 2. The van der Waals surface area contributed by atoms with Gasteiger partial charge in [-0.05, 0) is 53.5 Å². The second-order valence-corrected chi connectivity index (χ2v) is 10.5. The van der Waals surface area contributed by atoms with Crippen LogP contribution in [0.5, 0.6) is 5.88 Å². The Balaban J connectivity index is 1.94. The molecule has 0 unspecified atom stereocenters. The number of carbonyl (C=O) groups is 2. The molecular formula is C25H32Cl2N4O5. The van der Waals surface area contributed by atoms with Crippen LogP contribution in [0.1, 0.15) is 57.9 Å². The number of hydrogen-bond donors (Lipinski definition) is 1. The second kappa shape index (κ2) is 11.1. The van der Waals surface area contributed by atoms with Gasteiger partial charge in [0, 0.05) is 24.2 Å². The van der Waals surface area contributed by atoms with Crippen molar-refractivity contribution in [3.8, 4) is 17.1 Å². The number of rotatable bonds is 6. The Morgan fingerprint density at radius 1 is 1.17 bits per heavy atom. The fourth-order valence-corrected chi connectivity index (χ4v) is 4.25. The van der Waals surface area contributed by atoms with Gasteiger partial charge in [-0.15, -0.1) is 0 Å². The van der Waals surface area contributed by atoms with Gasteiger partial charge in [0.15, 0.2) is 11.5 Å². The van der Waals surface area contributed by atoms with Crippen LogP contribution in [0.15, 0.2) is 18.2 Å². The summed E-state index contributed by atoms with van der Waals surface area (Å²) < 4.78 is 16.2. The molecule has 0 radical (unpaired) electrons. The number of nitrogens with one attached hydrogen (secondary N) is 1. The van der Waals surface area contributed by atoms with Gasteiger partial charge in [-0.1, -0.05) is 35.3 Å². The lowest BCUT2D eigenvalue weighted by molar-refractivity contribution is 0.0447. The molecule has 36 heavy (non-hydrogen) atoms. The molecule has 9 nitrogen and oxygen atoms in total. The maximum atomic E-state index is 12.9. The van der Waals surface area contributed by atoms with Crippen molar-refractivity contribution in [3.63, 3.8) is 0 Å². The number of methoxy groups -OCH3 is 1. The van der Waals surface area contributed by atoms with Crippen LogP contribution in [0, 0.1) is 0 Å². The molecule has 1 saturated heterocycles. The Kier molecular flexibility index (Phi) is 8.56.